The molecule has 2 aromatic heterocycles. The molecular formula is C62H96Cl2N10O12. The maximum absolute atomic E-state index is 14.1. The van der Waals surface area contributed by atoms with Crippen LogP contribution in [-0.4, -0.2) is 158 Å². The Labute approximate surface area is 519 Å². The summed E-state index contributed by atoms with van der Waals surface area (Å²) in [7, 11) is 3.15. The van der Waals surface area contributed by atoms with Gasteiger partial charge in [-0.3, -0.25) is 9.59 Å². The lowest BCUT2D eigenvalue weighted by Gasteiger charge is -2.35. The molecule has 480 valence electrons. The number of methoxy groups -OCH3 is 2. The summed E-state index contributed by atoms with van der Waals surface area (Å²) in [6.45, 7) is 27.0. The highest BCUT2D eigenvalue weighted by Crippen LogP contribution is 2.34. The van der Waals surface area contributed by atoms with E-state index in [1.54, 1.807) is 23.6 Å². The molecule has 0 spiro atoms. The molecule has 2 fully saturated rings. The molecule has 0 radical (unpaired) electrons. The van der Waals surface area contributed by atoms with Crippen molar-refractivity contribution in [2.24, 2.45) is 0 Å². The molecule has 6 rings (SSSR count). The Morgan fingerprint density at radius 3 is 1.47 bits per heavy atom. The molecule has 4 atom stereocenters. The van der Waals surface area contributed by atoms with Crippen molar-refractivity contribution in [2.75, 3.05) is 76.6 Å². The highest BCUT2D eigenvalue weighted by atomic mass is 35.5. The van der Waals surface area contributed by atoms with Crippen molar-refractivity contribution < 1.29 is 57.1 Å². The van der Waals surface area contributed by atoms with Crippen LogP contribution in [0.4, 0.5) is 21.2 Å². The van der Waals surface area contributed by atoms with Crippen molar-refractivity contribution in [1.82, 2.24) is 40.8 Å². The van der Waals surface area contributed by atoms with Gasteiger partial charge in [-0.15, -0.1) is 0 Å². The Hall–Kier alpha value is -5.72. The Morgan fingerprint density at radius 2 is 1.02 bits per heavy atom. The van der Waals surface area contributed by atoms with Gasteiger partial charge >= 0.3 is 12.2 Å². The van der Waals surface area contributed by atoms with Crippen molar-refractivity contribution in [3.63, 3.8) is 0 Å². The molecular weight excluding hydrogens is 1150 g/mol. The average molecular weight is 1240 g/mol. The molecule has 86 heavy (non-hydrogen) atoms. The predicted molar refractivity (Wildman–Crippen MR) is 333 cm³/mol. The Bertz CT molecular complexity index is 2710. The maximum atomic E-state index is 14.1. The quantitative estimate of drug-likeness (QED) is 0.0387. The SMILES string of the molecule is CCOC(OCC)C(CC)NC(=O)c1c(Cc2ccccc2Cl)c(N2CCC[C@@H](NC(=O)OC(C)(C)C)C2)nn1COC.CCOC(OCC)C(CC)NC(=O)c1nn(COC)c(N2CCC[C@@H](NC(=O)OC(C)(C)C)C2)c1Cc1ccccc1Cl. The number of piperidine rings is 2. The van der Waals surface area contributed by atoms with Gasteiger partial charge in [0.1, 0.15) is 36.2 Å². The summed E-state index contributed by atoms with van der Waals surface area (Å²) in [6.07, 6.45) is 3.13. The Balaban J connectivity index is 0.000000314. The summed E-state index contributed by atoms with van der Waals surface area (Å²) in [5, 5.41) is 23.1. The zero-order chi connectivity index (χ0) is 63.1. The lowest BCUT2D eigenvalue weighted by molar-refractivity contribution is -0.152. The van der Waals surface area contributed by atoms with E-state index in [1.807, 2.05) is 132 Å². The fourth-order valence-electron chi connectivity index (χ4n) is 10.4. The topological polar surface area (TPSA) is 232 Å². The second-order valence-corrected chi connectivity index (χ2v) is 23.9. The number of alkyl carbamates (subject to hydrolysis) is 2. The van der Waals surface area contributed by atoms with Gasteiger partial charge in [-0.1, -0.05) is 73.4 Å². The molecule has 2 saturated heterocycles. The predicted octanol–water partition coefficient (Wildman–Crippen LogP) is 10.3. The number of nitrogens with zero attached hydrogens (tertiary/aromatic N) is 6. The van der Waals surface area contributed by atoms with Gasteiger partial charge in [0, 0.05) is 113 Å². The molecule has 4 N–H and O–H groups in total. The van der Waals surface area contributed by atoms with Crippen LogP contribution in [0.25, 0.3) is 0 Å². The molecule has 2 aromatic carbocycles. The van der Waals surface area contributed by atoms with Gasteiger partial charge in [0.15, 0.2) is 24.1 Å². The number of rotatable bonds is 28. The summed E-state index contributed by atoms with van der Waals surface area (Å²) < 4.78 is 48.5. The van der Waals surface area contributed by atoms with Crippen molar-refractivity contribution in [1.29, 1.82) is 0 Å². The van der Waals surface area contributed by atoms with E-state index >= 15 is 0 Å². The molecule has 24 heteroatoms. The number of nitrogens with one attached hydrogen (secondary N) is 4. The number of benzene rings is 2. The highest BCUT2D eigenvalue weighted by molar-refractivity contribution is 6.31. The number of halogens is 2. The van der Waals surface area contributed by atoms with Crippen LogP contribution >= 0.6 is 23.2 Å². The van der Waals surface area contributed by atoms with Crippen LogP contribution in [0, 0.1) is 0 Å². The van der Waals surface area contributed by atoms with Crippen LogP contribution in [0.5, 0.6) is 0 Å². The minimum absolute atomic E-state index is 0.0723. The maximum Gasteiger partial charge on any atom is 0.407 e. The normalized spacial score (nSPS) is 16.3. The van der Waals surface area contributed by atoms with Crippen LogP contribution in [-0.2, 0) is 64.2 Å². The number of hydrogen-bond acceptors (Lipinski definition) is 16. The van der Waals surface area contributed by atoms with Gasteiger partial charge in [-0.05, 0) is 131 Å². The fourth-order valence-corrected chi connectivity index (χ4v) is 10.8. The summed E-state index contributed by atoms with van der Waals surface area (Å²) in [6, 6.07) is 14.1. The van der Waals surface area contributed by atoms with Crippen LogP contribution in [0.15, 0.2) is 48.5 Å². The van der Waals surface area contributed by atoms with Crippen LogP contribution in [0.3, 0.4) is 0 Å². The van der Waals surface area contributed by atoms with Gasteiger partial charge < -0.3 is 69.0 Å². The third-order valence-corrected chi connectivity index (χ3v) is 14.7. The van der Waals surface area contributed by atoms with E-state index in [-0.39, 0.29) is 55.1 Å². The van der Waals surface area contributed by atoms with E-state index in [0.717, 1.165) is 53.8 Å². The molecule has 22 nitrogen and oxygen atoms in total. The smallest absolute Gasteiger partial charge is 0.407 e. The van der Waals surface area contributed by atoms with Crippen LogP contribution < -0.4 is 31.1 Å². The zero-order valence-corrected chi connectivity index (χ0v) is 54.7. The van der Waals surface area contributed by atoms with Crippen molar-refractivity contribution in [3.8, 4) is 0 Å². The minimum atomic E-state index is -0.598. The number of anilines is 2. The first-order chi connectivity index (χ1) is 41.0. The zero-order valence-electron chi connectivity index (χ0n) is 53.1. The van der Waals surface area contributed by atoms with Crippen molar-refractivity contribution in [3.05, 3.63) is 92.2 Å². The Morgan fingerprint density at radius 1 is 0.593 bits per heavy atom. The first kappa shape index (κ1) is 71.0. The molecule has 0 bridgehead atoms. The lowest BCUT2D eigenvalue weighted by Crippen LogP contribution is -2.49. The van der Waals surface area contributed by atoms with Gasteiger partial charge in [-0.2, -0.15) is 10.2 Å². The lowest BCUT2D eigenvalue weighted by atomic mass is 10.0. The molecule has 2 unspecified atom stereocenters. The number of ether oxygens (including phenoxy) is 8. The van der Waals surface area contributed by atoms with Gasteiger partial charge in [-0.25, -0.2) is 19.0 Å². The van der Waals surface area contributed by atoms with E-state index < -0.39 is 36.0 Å². The summed E-state index contributed by atoms with van der Waals surface area (Å²) in [4.78, 5) is 57.4. The van der Waals surface area contributed by atoms with E-state index in [4.69, 9.17) is 71.3 Å². The molecule has 2 aliphatic heterocycles. The fraction of sp³-hybridized carbons (Fsp3) is 0.645. The molecule has 2 aliphatic rings. The number of amides is 4. The second kappa shape index (κ2) is 34.7. The third kappa shape index (κ3) is 21.3. The van der Waals surface area contributed by atoms with E-state index in [0.29, 0.717) is 99.8 Å². The number of carbonyl (C=O) groups excluding carboxylic acids is 4. The monoisotopic (exact) mass is 1240 g/mol. The average Bonchev–Trinajstić information content (AvgIpc) is 2.60. The molecule has 4 aromatic rings. The van der Waals surface area contributed by atoms with Crippen molar-refractivity contribution >= 4 is 58.8 Å². The number of carbonyl (C=O) groups is 4. The van der Waals surface area contributed by atoms with Crippen LogP contribution in [0.1, 0.15) is 165 Å². The van der Waals surface area contributed by atoms with E-state index in [1.165, 1.54) is 0 Å². The summed E-state index contributed by atoms with van der Waals surface area (Å²) in [5.41, 5.74) is 2.64. The van der Waals surface area contributed by atoms with Crippen molar-refractivity contribution in [2.45, 2.75) is 196 Å². The summed E-state index contributed by atoms with van der Waals surface area (Å²) >= 11 is 13.2. The molecule has 4 amide bonds. The number of aromatic nitrogens is 4. The molecule has 0 saturated carbocycles. The van der Waals surface area contributed by atoms with E-state index in [9.17, 15) is 19.2 Å². The van der Waals surface area contributed by atoms with E-state index in [2.05, 4.69) is 31.1 Å². The van der Waals surface area contributed by atoms with Gasteiger partial charge in [0.05, 0.1) is 12.1 Å². The molecule has 4 heterocycles. The first-order valence-electron chi connectivity index (χ1n) is 30.2. The second-order valence-electron chi connectivity index (χ2n) is 23.1. The highest BCUT2D eigenvalue weighted by Gasteiger charge is 2.36. The summed E-state index contributed by atoms with van der Waals surface area (Å²) in [5.74, 6) is 0.753. The minimum Gasteiger partial charge on any atom is -0.444 e. The van der Waals surface area contributed by atoms with Crippen LogP contribution in [0.2, 0.25) is 10.0 Å². The number of hydrogen-bond donors (Lipinski definition) is 4. The largest absolute Gasteiger partial charge is 0.444 e. The Kier molecular flexibility index (Phi) is 28.7. The van der Waals surface area contributed by atoms with Gasteiger partial charge in [0.2, 0.25) is 0 Å². The first-order valence-corrected chi connectivity index (χ1v) is 31.0. The third-order valence-electron chi connectivity index (χ3n) is 14.0. The van der Waals surface area contributed by atoms with Gasteiger partial charge in [0.25, 0.3) is 11.8 Å². The molecule has 0 aliphatic carbocycles. The standard InChI is InChI=1S/2C31H48ClN5O6/c1-8-25(29(41-9-2)42-10-3)34-27(38)26-23(18-21-14-11-12-16-24(21)32)28(37(35-26)20-40-7)36-17-13-15-22(19-36)33-30(39)43-31(4,5)6;1-8-25(29(41-9-2)42-10-3)34-28(38)26-23(18-21-14-11-12-16-24(21)32)27(35-37(26)20-40-7)36-17-13-15-22(19-36)33-30(39)43-31(4,5)6/h2*11-12,14,16,22,25,29H,8-10,13,15,17-20H2,1-7H3,(H,33,39)(H,34,38)/t2*22-,25?/m11/s1.